The molecule has 0 spiro atoms. The molecule has 3 aliphatic heterocycles. The van der Waals surface area contributed by atoms with Gasteiger partial charge in [-0.2, -0.15) is 0 Å². The third-order valence-electron chi connectivity index (χ3n) is 9.11. The second-order valence-corrected chi connectivity index (χ2v) is 13.4. The van der Waals surface area contributed by atoms with E-state index in [1.807, 2.05) is 12.1 Å². The Balaban J connectivity index is 1.08. The second-order valence-electron chi connectivity index (χ2n) is 12.1. The third-order valence-corrected chi connectivity index (χ3v) is 10.1. The van der Waals surface area contributed by atoms with E-state index in [9.17, 15) is 9.59 Å². The lowest BCUT2D eigenvalue weighted by atomic mass is 9.97. The number of aryl methyl sites for hydroxylation is 1. The Labute approximate surface area is 277 Å². The van der Waals surface area contributed by atoms with Crippen LogP contribution >= 0.6 is 22.9 Å². The first-order valence-electron chi connectivity index (χ1n) is 15.7. The van der Waals surface area contributed by atoms with Gasteiger partial charge in [-0.15, -0.1) is 11.3 Å². The van der Waals surface area contributed by atoms with Crippen LogP contribution in [0.5, 0.6) is 0 Å². The first-order valence-corrected chi connectivity index (χ1v) is 16.9. The van der Waals surface area contributed by atoms with Crippen molar-refractivity contribution in [3.05, 3.63) is 98.5 Å². The van der Waals surface area contributed by atoms with E-state index in [2.05, 4.69) is 48.7 Å². The van der Waals surface area contributed by atoms with Crippen LogP contribution in [-0.2, 0) is 35.6 Å². The van der Waals surface area contributed by atoms with Crippen LogP contribution < -0.4 is 5.32 Å². The van der Waals surface area contributed by atoms with Crippen LogP contribution in [0.3, 0.4) is 0 Å². The maximum atomic E-state index is 14.0. The molecule has 236 valence electrons. The molecule has 11 heteroatoms. The third kappa shape index (κ3) is 6.33. The number of carbonyl (C=O) groups excluding carboxylic acids is 2. The van der Waals surface area contributed by atoms with Gasteiger partial charge in [-0.3, -0.25) is 19.8 Å². The van der Waals surface area contributed by atoms with Crippen molar-refractivity contribution < 1.29 is 14.3 Å². The van der Waals surface area contributed by atoms with Crippen molar-refractivity contribution >= 4 is 39.9 Å². The van der Waals surface area contributed by atoms with E-state index in [4.69, 9.17) is 16.3 Å². The van der Waals surface area contributed by atoms with Crippen LogP contribution in [0.25, 0.3) is 0 Å². The number of anilines is 1. The van der Waals surface area contributed by atoms with Gasteiger partial charge in [0.25, 0.3) is 11.8 Å². The lowest BCUT2D eigenvalue weighted by Crippen LogP contribution is -2.38. The Kier molecular flexibility index (Phi) is 8.91. The summed E-state index contributed by atoms with van der Waals surface area (Å²) in [5.41, 5.74) is 5.54. The maximum absolute atomic E-state index is 14.0. The summed E-state index contributed by atoms with van der Waals surface area (Å²) in [6, 6.07) is 11.0. The Morgan fingerprint density at radius 1 is 1.13 bits per heavy atom. The molecule has 1 N–H and O–H groups in total. The van der Waals surface area contributed by atoms with Gasteiger partial charge in [-0.05, 0) is 74.5 Å². The fourth-order valence-corrected chi connectivity index (χ4v) is 7.52. The monoisotopic (exact) mass is 654 g/mol. The summed E-state index contributed by atoms with van der Waals surface area (Å²) in [6.07, 6.45) is 7.52. The number of ether oxygens (including phenoxy) is 1. The molecule has 46 heavy (non-hydrogen) atoms. The van der Waals surface area contributed by atoms with Crippen molar-refractivity contribution in [3.63, 3.8) is 0 Å². The Bertz CT molecular complexity index is 1800. The number of hydrogen-bond acceptors (Lipinski definition) is 7. The van der Waals surface area contributed by atoms with Gasteiger partial charge in [0.1, 0.15) is 0 Å². The van der Waals surface area contributed by atoms with Crippen molar-refractivity contribution in [1.82, 2.24) is 24.3 Å². The molecule has 3 aliphatic rings. The normalized spacial score (nSPS) is 17.0. The summed E-state index contributed by atoms with van der Waals surface area (Å²) in [7, 11) is 1.78. The number of methoxy groups -OCH3 is 1. The van der Waals surface area contributed by atoms with E-state index in [0.29, 0.717) is 38.5 Å². The van der Waals surface area contributed by atoms with Crippen LogP contribution in [0.4, 0.5) is 5.13 Å². The van der Waals surface area contributed by atoms with Crippen LogP contribution in [0.1, 0.15) is 69.3 Å². The van der Waals surface area contributed by atoms with E-state index in [1.54, 1.807) is 42.0 Å². The minimum Gasteiger partial charge on any atom is -0.384 e. The molecular weight excluding hydrogens is 620 g/mol. The van der Waals surface area contributed by atoms with Gasteiger partial charge in [0.2, 0.25) is 0 Å². The highest BCUT2D eigenvalue weighted by atomic mass is 35.5. The van der Waals surface area contributed by atoms with Crippen LogP contribution in [0, 0.1) is 17.8 Å². The number of fused-ring (bicyclic) bond motifs is 2. The highest BCUT2D eigenvalue weighted by Crippen LogP contribution is 2.38. The molecule has 1 fully saturated rings. The number of nitrogens with one attached hydrogen (secondary N) is 1. The average molecular weight is 655 g/mol. The maximum Gasteiger partial charge on any atom is 0.255 e. The quantitative estimate of drug-likeness (QED) is 0.251. The molecule has 2 amide bonds. The number of aromatic nitrogens is 3. The van der Waals surface area contributed by atoms with Crippen molar-refractivity contribution in [3.8, 4) is 11.8 Å². The van der Waals surface area contributed by atoms with Gasteiger partial charge in [0.05, 0.1) is 12.0 Å². The van der Waals surface area contributed by atoms with Gasteiger partial charge in [0.15, 0.2) is 11.2 Å². The Hall–Kier alpha value is -4.01. The van der Waals surface area contributed by atoms with Crippen LogP contribution in [-0.4, -0.2) is 63.0 Å². The number of rotatable bonds is 8. The molecule has 1 saturated heterocycles. The number of piperidine rings is 1. The number of carbonyl (C=O) groups is 2. The first-order chi connectivity index (χ1) is 22.5. The number of nitrogens with zero attached hydrogens (tertiary/aromatic N) is 5. The Morgan fingerprint density at radius 3 is 2.70 bits per heavy atom. The topological polar surface area (TPSA) is 92.6 Å². The lowest BCUT2D eigenvalue weighted by Gasteiger charge is -2.31. The number of benzene rings is 2. The number of halogens is 1. The minimum atomic E-state index is -0.918. The molecule has 1 unspecified atom stereocenters. The van der Waals surface area contributed by atoms with E-state index in [1.165, 1.54) is 29.7 Å². The number of likely N-dealkylation sites (tertiary alicyclic amines) is 1. The highest BCUT2D eigenvalue weighted by Gasteiger charge is 2.41. The molecule has 1 atom stereocenters. The molecule has 2 aromatic carbocycles. The molecule has 9 nitrogen and oxygen atoms in total. The van der Waals surface area contributed by atoms with Crippen molar-refractivity contribution in [2.75, 3.05) is 32.1 Å². The molecular formula is C35H35ClN6O3S. The summed E-state index contributed by atoms with van der Waals surface area (Å²) in [5, 5.41) is 5.61. The molecule has 2 aromatic heterocycles. The molecule has 5 heterocycles. The van der Waals surface area contributed by atoms with E-state index < -0.39 is 6.04 Å². The van der Waals surface area contributed by atoms with E-state index >= 15 is 0 Å². The van der Waals surface area contributed by atoms with Gasteiger partial charge in [0, 0.05) is 77.9 Å². The zero-order valence-electron chi connectivity index (χ0n) is 25.7. The fourth-order valence-electron chi connectivity index (χ4n) is 6.71. The summed E-state index contributed by atoms with van der Waals surface area (Å²) in [4.78, 5) is 40.6. The van der Waals surface area contributed by atoms with Crippen molar-refractivity contribution in [2.24, 2.45) is 5.92 Å². The molecule has 0 radical (unpaired) electrons. The van der Waals surface area contributed by atoms with Crippen LogP contribution in [0.2, 0.25) is 5.02 Å². The van der Waals surface area contributed by atoms with E-state index in [-0.39, 0.29) is 18.4 Å². The fraction of sp³-hybridized carbons (Fsp3) is 0.371. The zero-order chi connectivity index (χ0) is 31.6. The number of thiazole rings is 1. The second kappa shape index (κ2) is 13.4. The molecule has 4 aromatic rings. The summed E-state index contributed by atoms with van der Waals surface area (Å²) < 4.78 is 7.39. The zero-order valence-corrected chi connectivity index (χ0v) is 27.2. The van der Waals surface area contributed by atoms with Gasteiger partial charge in [-0.25, -0.2) is 9.97 Å². The minimum absolute atomic E-state index is 0.203. The molecule has 0 saturated carbocycles. The SMILES string of the molecule is COCC1CCN(Cc2ccc(C#Cc3cc(Cl)c4c(c3)C(=O)N(C(C(=O)Nc3nccs3)c3ncn5c3CCC5)C4)cc2)CC1. The predicted octanol–water partition coefficient (Wildman–Crippen LogP) is 5.53. The average Bonchev–Trinajstić information content (AvgIpc) is 3.86. The van der Waals surface area contributed by atoms with E-state index in [0.717, 1.165) is 56.9 Å². The summed E-state index contributed by atoms with van der Waals surface area (Å²) in [6.45, 7) is 5.01. The van der Waals surface area contributed by atoms with Gasteiger partial charge < -0.3 is 14.2 Å². The molecule has 0 aliphatic carbocycles. The highest BCUT2D eigenvalue weighted by molar-refractivity contribution is 7.13. The molecule has 0 bridgehead atoms. The van der Waals surface area contributed by atoms with Crippen molar-refractivity contribution in [1.29, 1.82) is 0 Å². The molecule has 7 rings (SSSR count). The Morgan fingerprint density at radius 2 is 1.93 bits per heavy atom. The first kappa shape index (κ1) is 30.6. The van der Waals surface area contributed by atoms with Crippen molar-refractivity contribution in [2.45, 2.75) is 51.4 Å². The smallest absolute Gasteiger partial charge is 0.255 e. The summed E-state index contributed by atoms with van der Waals surface area (Å²) in [5.74, 6) is 6.48. The lowest BCUT2D eigenvalue weighted by molar-refractivity contribution is -0.121. The van der Waals surface area contributed by atoms with Gasteiger partial charge >= 0.3 is 0 Å². The number of imidazole rings is 1. The standard InChI is InChI=1S/C35H35ClN6O3S/c1-45-21-25-10-14-40(15-11-25)19-24-7-4-23(5-8-24)6-9-26-17-27-28(29(36)18-26)20-42(34(27)44)32(33(43)39-35-37-12-16-46-35)31-30-3-2-13-41(30)22-38-31/h4-5,7-8,12,16-18,22,25,32H,2-3,10-11,13-15,19-21H2,1H3,(H,37,39,43). The van der Waals surface area contributed by atoms with Gasteiger partial charge in [-0.1, -0.05) is 35.6 Å². The number of amides is 2. The number of hydrogen-bond donors (Lipinski definition) is 1. The predicted molar refractivity (Wildman–Crippen MR) is 178 cm³/mol. The van der Waals surface area contributed by atoms with Crippen LogP contribution in [0.15, 0.2) is 54.3 Å². The summed E-state index contributed by atoms with van der Waals surface area (Å²) >= 11 is 8.08. The largest absolute Gasteiger partial charge is 0.384 e.